The molecular formula is C22H22ClN3O3. The molecule has 3 aromatic rings. The van der Waals surface area contributed by atoms with Crippen LogP contribution in [-0.2, 0) is 17.9 Å². The summed E-state index contributed by atoms with van der Waals surface area (Å²) in [5.41, 5.74) is 0.756. The minimum absolute atomic E-state index is 0.115. The van der Waals surface area contributed by atoms with Crippen LogP contribution < -0.4 is 11.1 Å². The molecule has 4 rings (SSSR count). The molecule has 6 nitrogen and oxygen atoms in total. The van der Waals surface area contributed by atoms with Crippen molar-refractivity contribution < 1.29 is 4.79 Å². The predicted octanol–water partition coefficient (Wildman–Crippen LogP) is 2.88. The Morgan fingerprint density at radius 1 is 0.828 bits per heavy atom. The SMILES string of the molecule is O=C(Cn1c(=O)c(=O)n(Cc2ccc(Cl)cc2)c2ccccc21)N1CCCCC1. The third-order valence-electron chi connectivity index (χ3n) is 5.39. The summed E-state index contributed by atoms with van der Waals surface area (Å²) in [4.78, 5) is 40.3. The summed E-state index contributed by atoms with van der Waals surface area (Å²) < 4.78 is 2.77. The van der Waals surface area contributed by atoms with Gasteiger partial charge in [0.15, 0.2) is 0 Å². The standard InChI is InChI=1S/C22H22ClN3O3/c23-17-10-8-16(9-11-17)14-25-18-6-2-3-7-19(18)26(22(29)21(25)28)15-20(27)24-12-4-1-5-13-24/h2-3,6-11H,1,4-5,12-15H2. The van der Waals surface area contributed by atoms with Crippen molar-refractivity contribution in [2.75, 3.05) is 13.1 Å². The minimum Gasteiger partial charge on any atom is -0.341 e. The van der Waals surface area contributed by atoms with Gasteiger partial charge in [-0.3, -0.25) is 23.5 Å². The van der Waals surface area contributed by atoms with Gasteiger partial charge < -0.3 is 4.90 Å². The van der Waals surface area contributed by atoms with Crippen LogP contribution in [0.2, 0.25) is 5.02 Å². The van der Waals surface area contributed by atoms with Crippen LogP contribution in [0.25, 0.3) is 11.0 Å². The average Bonchev–Trinajstić information content (AvgIpc) is 2.76. The van der Waals surface area contributed by atoms with E-state index >= 15 is 0 Å². The molecule has 1 amide bonds. The summed E-state index contributed by atoms with van der Waals surface area (Å²) >= 11 is 5.94. The Balaban J connectivity index is 1.76. The summed E-state index contributed by atoms with van der Waals surface area (Å²) in [6.45, 7) is 1.56. The second-order valence-electron chi connectivity index (χ2n) is 7.34. The van der Waals surface area contributed by atoms with Crippen molar-refractivity contribution in [1.29, 1.82) is 0 Å². The fourth-order valence-corrected chi connectivity index (χ4v) is 3.96. The van der Waals surface area contributed by atoms with E-state index in [0.717, 1.165) is 24.8 Å². The van der Waals surface area contributed by atoms with Gasteiger partial charge in [0.05, 0.1) is 17.6 Å². The molecule has 2 aromatic carbocycles. The number of para-hydroxylation sites is 2. The van der Waals surface area contributed by atoms with Gasteiger partial charge in [-0.1, -0.05) is 35.9 Å². The molecule has 29 heavy (non-hydrogen) atoms. The number of fused-ring (bicyclic) bond motifs is 1. The van der Waals surface area contributed by atoms with Gasteiger partial charge in [-0.15, -0.1) is 0 Å². The second-order valence-corrected chi connectivity index (χ2v) is 7.78. The number of piperidine rings is 1. The number of amides is 1. The normalized spacial score (nSPS) is 14.3. The van der Waals surface area contributed by atoms with Crippen LogP contribution in [0, 0.1) is 0 Å². The predicted molar refractivity (Wildman–Crippen MR) is 113 cm³/mol. The third kappa shape index (κ3) is 3.98. The molecule has 0 saturated carbocycles. The lowest BCUT2D eigenvalue weighted by molar-refractivity contribution is -0.132. The lowest BCUT2D eigenvalue weighted by Crippen LogP contribution is -2.45. The zero-order chi connectivity index (χ0) is 20.4. The van der Waals surface area contributed by atoms with Crippen molar-refractivity contribution in [2.45, 2.75) is 32.4 Å². The maximum atomic E-state index is 12.9. The first-order chi connectivity index (χ1) is 14.0. The first-order valence-electron chi connectivity index (χ1n) is 9.79. The molecule has 1 saturated heterocycles. The quantitative estimate of drug-likeness (QED) is 0.620. The smallest absolute Gasteiger partial charge is 0.317 e. The number of carbonyl (C=O) groups excluding carboxylic acids is 1. The van der Waals surface area contributed by atoms with Crippen LogP contribution in [0.5, 0.6) is 0 Å². The summed E-state index contributed by atoms with van der Waals surface area (Å²) in [6.07, 6.45) is 3.07. The molecule has 150 valence electrons. The molecule has 0 N–H and O–H groups in total. The summed E-state index contributed by atoms with van der Waals surface area (Å²) in [7, 11) is 0. The van der Waals surface area contributed by atoms with Crippen LogP contribution in [0.1, 0.15) is 24.8 Å². The molecule has 0 aliphatic carbocycles. The highest BCUT2D eigenvalue weighted by molar-refractivity contribution is 6.30. The van der Waals surface area contributed by atoms with Crippen molar-refractivity contribution in [2.24, 2.45) is 0 Å². The Hall–Kier alpha value is -2.86. The number of aromatic nitrogens is 2. The second kappa shape index (κ2) is 8.25. The number of hydrogen-bond acceptors (Lipinski definition) is 3. The van der Waals surface area contributed by atoms with Crippen molar-refractivity contribution >= 4 is 28.5 Å². The molecule has 2 heterocycles. The van der Waals surface area contributed by atoms with E-state index in [2.05, 4.69) is 0 Å². The zero-order valence-electron chi connectivity index (χ0n) is 16.0. The Labute approximate surface area is 172 Å². The number of carbonyl (C=O) groups is 1. The van der Waals surface area contributed by atoms with Crippen molar-refractivity contribution in [3.05, 3.63) is 79.8 Å². The fraction of sp³-hybridized carbons (Fsp3) is 0.318. The number of likely N-dealkylation sites (tertiary alicyclic amines) is 1. The maximum Gasteiger partial charge on any atom is 0.317 e. The Morgan fingerprint density at radius 3 is 2.07 bits per heavy atom. The summed E-state index contributed by atoms with van der Waals surface area (Å²) in [6, 6.07) is 14.4. The van der Waals surface area contributed by atoms with Crippen molar-refractivity contribution in [1.82, 2.24) is 14.0 Å². The summed E-state index contributed by atoms with van der Waals surface area (Å²) in [5.74, 6) is -0.119. The van der Waals surface area contributed by atoms with Gasteiger partial charge in [-0.25, -0.2) is 0 Å². The van der Waals surface area contributed by atoms with Crippen LogP contribution >= 0.6 is 11.6 Å². The van der Waals surface area contributed by atoms with Crippen molar-refractivity contribution in [3.8, 4) is 0 Å². The molecule has 0 bridgehead atoms. The molecule has 1 fully saturated rings. The largest absolute Gasteiger partial charge is 0.341 e. The molecular weight excluding hydrogens is 390 g/mol. The first kappa shape index (κ1) is 19.5. The van der Waals surface area contributed by atoms with Gasteiger partial charge in [0.2, 0.25) is 5.91 Å². The molecule has 1 aliphatic rings. The number of hydrogen-bond donors (Lipinski definition) is 0. The number of halogens is 1. The average molecular weight is 412 g/mol. The number of nitrogens with zero attached hydrogens (tertiary/aromatic N) is 3. The van der Waals surface area contributed by atoms with Gasteiger partial charge >= 0.3 is 11.1 Å². The van der Waals surface area contributed by atoms with E-state index in [1.165, 1.54) is 9.13 Å². The lowest BCUT2D eigenvalue weighted by atomic mass is 10.1. The van der Waals surface area contributed by atoms with E-state index in [1.807, 2.05) is 18.2 Å². The van der Waals surface area contributed by atoms with E-state index in [0.29, 0.717) is 29.1 Å². The van der Waals surface area contributed by atoms with Gasteiger partial charge in [0.1, 0.15) is 6.54 Å². The Kier molecular flexibility index (Phi) is 5.53. The Morgan fingerprint density at radius 2 is 1.41 bits per heavy atom. The molecule has 0 unspecified atom stereocenters. The molecule has 1 aliphatic heterocycles. The van der Waals surface area contributed by atoms with E-state index in [-0.39, 0.29) is 19.0 Å². The van der Waals surface area contributed by atoms with E-state index in [9.17, 15) is 14.4 Å². The molecule has 7 heteroatoms. The highest BCUT2D eigenvalue weighted by Crippen LogP contribution is 2.15. The molecule has 0 spiro atoms. The monoisotopic (exact) mass is 411 g/mol. The molecule has 0 atom stereocenters. The van der Waals surface area contributed by atoms with Gasteiger partial charge in [0.25, 0.3) is 0 Å². The van der Waals surface area contributed by atoms with Crippen LogP contribution in [0.4, 0.5) is 0 Å². The molecule has 0 radical (unpaired) electrons. The van der Waals surface area contributed by atoms with E-state index < -0.39 is 11.1 Å². The van der Waals surface area contributed by atoms with Crippen LogP contribution in [-0.4, -0.2) is 33.0 Å². The zero-order valence-corrected chi connectivity index (χ0v) is 16.8. The minimum atomic E-state index is -0.678. The first-order valence-corrected chi connectivity index (χ1v) is 10.2. The van der Waals surface area contributed by atoms with E-state index in [1.54, 1.807) is 35.2 Å². The third-order valence-corrected chi connectivity index (χ3v) is 5.64. The van der Waals surface area contributed by atoms with Crippen LogP contribution in [0.3, 0.4) is 0 Å². The van der Waals surface area contributed by atoms with E-state index in [4.69, 9.17) is 11.6 Å². The number of benzene rings is 2. The van der Waals surface area contributed by atoms with Gasteiger partial charge in [-0.05, 0) is 49.1 Å². The van der Waals surface area contributed by atoms with Crippen molar-refractivity contribution in [3.63, 3.8) is 0 Å². The van der Waals surface area contributed by atoms with Gasteiger partial charge in [-0.2, -0.15) is 0 Å². The lowest BCUT2D eigenvalue weighted by Gasteiger charge is -2.27. The number of rotatable bonds is 4. The fourth-order valence-electron chi connectivity index (χ4n) is 3.84. The van der Waals surface area contributed by atoms with Crippen LogP contribution in [0.15, 0.2) is 58.1 Å². The van der Waals surface area contributed by atoms with Gasteiger partial charge in [0, 0.05) is 18.1 Å². The highest BCUT2D eigenvalue weighted by atomic mass is 35.5. The molecule has 1 aromatic heterocycles. The highest BCUT2D eigenvalue weighted by Gasteiger charge is 2.20. The Bertz CT molecular complexity index is 1160. The maximum absolute atomic E-state index is 12.9. The topological polar surface area (TPSA) is 64.3 Å². The summed E-state index contributed by atoms with van der Waals surface area (Å²) in [5, 5.41) is 0.609.